The number of rotatable bonds is 5. The van der Waals surface area contributed by atoms with Gasteiger partial charge in [-0.15, -0.1) is 5.10 Å². The van der Waals surface area contributed by atoms with E-state index in [1.807, 2.05) is 37.3 Å². The Balaban J connectivity index is 1.80. The zero-order valence-electron chi connectivity index (χ0n) is 12.5. The lowest BCUT2D eigenvalue weighted by Gasteiger charge is -2.06. The largest absolute Gasteiger partial charge is 0.493 e. The van der Waals surface area contributed by atoms with Gasteiger partial charge in [-0.3, -0.25) is 10.1 Å². The number of anilines is 1. The molecule has 0 fully saturated rings. The summed E-state index contributed by atoms with van der Waals surface area (Å²) in [6.07, 6.45) is 0. The number of amides is 1. The second kappa shape index (κ2) is 6.74. The summed E-state index contributed by atoms with van der Waals surface area (Å²) in [5.41, 5.74) is 1.20. The Morgan fingerprint density at radius 3 is 2.61 bits per heavy atom. The van der Waals surface area contributed by atoms with E-state index in [0.29, 0.717) is 23.5 Å². The van der Waals surface area contributed by atoms with Crippen LogP contribution in [0.1, 0.15) is 17.3 Å². The second-order valence-electron chi connectivity index (χ2n) is 4.66. The van der Waals surface area contributed by atoms with Gasteiger partial charge >= 0.3 is 6.01 Å². The van der Waals surface area contributed by atoms with Gasteiger partial charge in [-0.05, 0) is 31.2 Å². The molecule has 6 nitrogen and oxygen atoms in total. The summed E-state index contributed by atoms with van der Waals surface area (Å²) < 4.78 is 11.1. The van der Waals surface area contributed by atoms with Gasteiger partial charge in [0.2, 0.25) is 0 Å². The molecule has 1 N–H and O–H groups in total. The molecule has 116 valence electrons. The van der Waals surface area contributed by atoms with Crippen molar-refractivity contribution in [2.24, 2.45) is 0 Å². The highest BCUT2D eigenvalue weighted by atomic mass is 16.5. The van der Waals surface area contributed by atoms with E-state index in [2.05, 4.69) is 15.5 Å². The smallest absolute Gasteiger partial charge is 0.322 e. The number of hydrogen-bond donors (Lipinski definition) is 1. The van der Waals surface area contributed by atoms with Crippen LogP contribution < -0.4 is 10.1 Å². The van der Waals surface area contributed by atoms with Gasteiger partial charge in [-0.2, -0.15) is 0 Å². The molecule has 0 unspecified atom stereocenters. The zero-order valence-corrected chi connectivity index (χ0v) is 12.5. The van der Waals surface area contributed by atoms with Gasteiger partial charge in [-0.1, -0.05) is 35.4 Å². The molecule has 1 aromatic heterocycles. The number of nitrogens with zero attached hydrogens (tertiary/aromatic N) is 2. The summed E-state index contributed by atoms with van der Waals surface area (Å²) in [7, 11) is 0. The van der Waals surface area contributed by atoms with E-state index in [4.69, 9.17) is 9.15 Å². The number of para-hydroxylation sites is 1. The monoisotopic (exact) mass is 309 g/mol. The van der Waals surface area contributed by atoms with Crippen molar-refractivity contribution in [2.75, 3.05) is 11.9 Å². The molecule has 1 heterocycles. The Morgan fingerprint density at radius 2 is 1.83 bits per heavy atom. The van der Waals surface area contributed by atoms with Gasteiger partial charge < -0.3 is 9.15 Å². The van der Waals surface area contributed by atoms with Crippen LogP contribution in [0, 0.1) is 0 Å². The molecular formula is C17H15N3O3. The molecule has 3 rings (SSSR count). The second-order valence-corrected chi connectivity index (χ2v) is 4.66. The molecule has 0 aliphatic carbocycles. The van der Waals surface area contributed by atoms with Gasteiger partial charge in [0, 0.05) is 5.56 Å². The molecule has 23 heavy (non-hydrogen) atoms. The van der Waals surface area contributed by atoms with Crippen molar-refractivity contribution in [3.8, 4) is 17.2 Å². The van der Waals surface area contributed by atoms with E-state index in [9.17, 15) is 4.79 Å². The van der Waals surface area contributed by atoms with Crippen molar-refractivity contribution in [2.45, 2.75) is 6.92 Å². The van der Waals surface area contributed by atoms with Crippen molar-refractivity contribution in [3.63, 3.8) is 0 Å². The molecule has 6 heteroatoms. The highest BCUT2D eigenvalue weighted by molar-refractivity contribution is 6.03. The third-order valence-electron chi connectivity index (χ3n) is 3.10. The van der Waals surface area contributed by atoms with Crippen LogP contribution in [-0.4, -0.2) is 22.7 Å². The van der Waals surface area contributed by atoms with E-state index >= 15 is 0 Å². The maximum absolute atomic E-state index is 12.1. The number of ether oxygens (including phenoxy) is 1. The quantitative estimate of drug-likeness (QED) is 0.781. The average molecular weight is 309 g/mol. The normalized spacial score (nSPS) is 10.3. The van der Waals surface area contributed by atoms with Gasteiger partial charge in [0.25, 0.3) is 11.8 Å². The van der Waals surface area contributed by atoms with E-state index in [1.54, 1.807) is 24.3 Å². The SMILES string of the molecule is CCOc1ccccc1-c1nnc(NC(=O)c2ccccc2)o1. The Kier molecular flexibility index (Phi) is 4.33. The summed E-state index contributed by atoms with van der Waals surface area (Å²) in [6, 6.07) is 16.2. The fraction of sp³-hybridized carbons (Fsp3) is 0.118. The topological polar surface area (TPSA) is 77.3 Å². The highest BCUT2D eigenvalue weighted by Crippen LogP contribution is 2.29. The van der Waals surface area contributed by atoms with Crippen LogP contribution in [0.2, 0.25) is 0 Å². The molecule has 1 amide bonds. The van der Waals surface area contributed by atoms with Crippen molar-refractivity contribution in [3.05, 3.63) is 60.2 Å². The summed E-state index contributed by atoms with van der Waals surface area (Å²) in [6.45, 7) is 2.43. The minimum atomic E-state index is -0.307. The summed E-state index contributed by atoms with van der Waals surface area (Å²) in [5.74, 6) is 0.635. The summed E-state index contributed by atoms with van der Waals surface area (Å²) in [4.78, 5) is 12.1. The fourth-order valence-corrected chi connectivity index (χ4v) is 2.07. The Hall–Kier alpha value is -3.15. The molecule has 0 saturated heterocycles. The van der Waals surface area contributed by atoms with Gasteiger partial charge in [-0.25, -0.2) is 0 Å². The van der Waals surface area contributed by atoms with Crippen molar-refractivity contribution >= 4 is 11.9 Å². The zero-order chi connectivity index (χ0) is 16.1. The molecule has 2 aromatic carbocycles. The first-order chi connectivity index (χ1) is 11.3. The first kappa shape index (κ1) is 14.8. The van der Waals surface area contributed by atoms with Crippen LogP contribution >= 0.6 is 0 Å². The molecule has 0 bridgehead atoms. The van der Waals surface area contributed by atoms with E-state index in [-0.39, 0.29) is 17.8 Å². The van der Waals surface area contributed by atoms with Crippen LogP contribution in [-0.2, 0) is 0 Å². The van der Waals surface area contributed by atoms with E-state index in [1.165, 1.54) is 0 Å². The molecule has 0 aliphatic rings. The third-order valence-corrected chi connectivity index (χ3v) is 3.10. The Morgan fingerprint density at radius 1 is 1.09 bits per heavy atom. The lowest BCUT2D eigenvalue weighted by Crippen LogP contribution is -2.11. The molecule has 3 aromatic rings. The minimum absolute atomic E-state index is 0.0418. The number of aromatic nitrogens is 2. The van der Waals surface area contributed by atoms with Gasteiger partial charge in [0.1, 0.15) is 5.75 Å². The predicted octanol–water partition coefficient (Wildman–Crippen LogP) is 3.39. The summed E-state index contributed by atoms with van der Waals surface area (Å²) in [5, 5.41) is 10.4. The van der Waals surface area contributed by atoms with Crippen LogP contribution in [0.4, 0.5) is 6.01 Å². The first-order valence-electron chi connectivity index (χ1n) is 7.20. The van der Waals surface area contributed by atoms with Gasteiger partial charge in [0.05, 0.1) is 12.2 Å². The van der Waals surface area contributed by atoms with Crippen LogP contribution in [0.3, 0.4) is 0 Å². The Bertz CT molecular complexity index is 800. The van der Waals surface area contributed by atoms with Gasteiger partial charge in [0.15, 0.2) is 0 Å². The Labute approximate surface area is 133 Å². The van der Waals surface area contributed by atoms with Crippen molar-refractivity contribution < 1.29 is 13.9 Å². The van der Waals surface area contributed by atoms with E-state index in [0.717, 1.165) is 0 Å². The molecule has 0 radical (unpaired) electrons. The first-order valence-corrected chi connectivity index (χ1v) is 7.20. The lowest BCUT2D eigenvalue weighted by atomic mass is 10.2. The molecule has 0 spiro atoms. The fourth-order valence-electron chi connectivity index (χ4n) is 2.07. The van der Waals surface area contributed by atoms with Crippen LogP contribution in [0.25, 0.3) is 11.5 Å². The number of carbonyl (C=O) groups is 1. The minimum Gasteiger partial charge on any atom is -0.493 e. The number of nitrogens with one attached hydrogen (secondary N) is 1. The van der Waals surface area contributed by atoms with Crippen LogP contribution in [0.15, 0.2) is 59.0 Å². The molecule has 0 aliphatic heterocycles. The van der Waals surface area contributed by atoms with E-state index < -0.39 is 0 Å². The predicted molar refractivity (Wildman–Crippen MR) is 85.3 cm³/mol. The average Bonchev–Trinajstić information content (AvgIpc) is 3.05. The third kappa shape index (κ3) is 3.37. The molecule has 0 saturated carbocycles. The molecule has 0 atom stereocenters. The maximum atomic E-state index is 12.1. The van der Waals surface area contributed by atoms with Crippen molar-refractivity contribution in [1.29, 1.82) is 0 Å². The number of benzene rings is 2. The molecular weight excluding hydrogens is 294 g/mol. The summed E-state index contributed by atoms with van der Waals surface area (Å²) >= 11 is 0. The maximum Gasteiger partial charge on any atom is 0.322 e. The van der Waals surface area contributed by atoms with Crippen LogP contribution in [0.5, 0.6) is 5.75 Å². The standard InChI is InChI=1S/C17H15N3O3/c1-2-22-14-11-7-6-10-13(14)16-19-20-17(23-16)18-15(21)12-8-4-3-5-9-12/h3-11H,2H2,1H3,(H,18,20,21). The lowest BCUT2D eigenvalue weighted by molar-refractivity contribution is 0.102. The number of hydrogen-bond acceptors (Lipinski definition) is 5. The number of carbonyl (C=O) groups excluding carboxylic acids is 1. The highest BCUT2D eigenvalue weighted by Gasteiger charge is 2.15. The van der Waals surface area contributed by atoms with Crippen molar-refractivity contribution in [1.82, 2.24) is 10.2 Å².